The third-order valence-electron chi connectivity index (χ3n) is 3.05. The minimum Gasteiger partial charge on any atom is -0.493 e. The van der Waals surface area contributed by atoms with Crippen molar-refractivity contribution in [3.05, 3.63) is 29.8 Å². The highest BCUT2D eigenvalue weighted by Crippen LogP contribution is 2.28. The SMILES string of the molecule is CCOc1ccc(/C=C/C(=O)O[C@@H]2CCOC2=O)cc1OC. The Kier molecular flexibility index (Phi) is 5.41. The van der Waals surface area contributed by atoms with Gasteiger partial charge in [0.05, 0.1) is 20.3 Å². The maximum atomic E-state index is 11.7. The molecule has 6 nitrogen and oxygen atoms in total. The van der Waals surface area contributed by atoms with Crippen LogP contribution < -0.4 is 9.47 Å². The van der Waals surface area contributed by atoms with Crippen LogP contribution in [-0.4, -0.2) is 38.4 Å². The van der Waals surface area contributed by atoms with Gasteiger partial charge in [-0.3, -0.25) is 0 Å². The van der Waals surface area contributed by atoms with E-state index in [1.165, 1.54) is 6.08 Å². The summed E-state index contributed by atoms with van der Waals surface area (Å²) in [6.45, 7) is 2.71. The number of cyclic esters (lactones) is 1. The van der Waals surface area contributed by atoms with E-state index in [1.807, 2.05) is 6.92 Å². The van der Waals surface area contributed by atoms with Crippen molar-refractivity contribution in [3.8, 4) is 11.5 Å². The lowest BCUT2D eigenvalue weighted by Crippen LogP contribution is -2.21. The van der Waals surface area contributed by atoms with Gasteiger partial charge in [-0.05, 0) is 30.7 Å². The average Bonchev–Trinajstić information content (AvgIpc) is 2.91. The molecule has 0 spiro atoms. The van der Waals surface area contributed by atoms with Crippen molar-refractivity contribution < 1.29 is 28.5 Å². The first-order valence-corrected chi connectivity index (χ1v) is 7.00. The zero-order valence-electron chi connectivity index (χ0n) is 12.5. The van der Waals surface area contributed by atoms with E-state index in [-0.39, 0.29) is 6.61 Å². The van der Waals surface area contributed by atoms with Gasteiger partial charge in [-0.2, -0.15) is 0 Å². The number of benzene rings is 1. The van der Waals surface area contributed by atoms with Gasteiger partial charge < -0.3 is 18.9 Å². The molecule has 0 unspecified atom stereocenters. The summed E-state index contributed by atoms with van der Waals surface area (Å²) < 4.78 is 20.4. The Morgan fingerprint density at radius 2 is 2.23 bits per heavy atom. The van der Waals surface area contributed by atoms with Crippen LogP contribution in [-0.2, 0) is 19.1 Å². The summed E-state index contributed by atoms with van der Waals surface area (Å²) in [5.41, 5.74) is 0.756. The smallest absolute Gasteiger partial charge is 0.347 e. The molecule has 0 saturated carbocycles. The number of rotatable bonds is 6. The van der Waals surface area contributed by atoms with Gasteiger partial charge in [-0.15, -0.1) is 0 Å². The maximum Gasteiger partial charge on any atom is 0.347 e. The van der Waals surface area contributed by atoms with Gasteiger partial charge in [0.25, 0.3) is 0 Å². The number of hydrogen-bond donors (Lipinski definition) is 0. The molecule has 1 atom stereocenters. The molecule has 1 aromatic carbocycles. The quantitative estimate of drug-likeness (QED) is 0.591. The van der Waals surface area contributed by atoms with Crippen molar-refractivity contribution >= 4 is 18.0 Å². The van der Waals surface area contributed by atoms with E-state index in [0.717, 1.165) is 5.56 Å². The molecule has 1 fully saturated rings. The Morgan fingerprint density at radius 1 is 1.41 bits per heavy atom. The van der Waals surface area contributed by atoms with Gasteiger partial charge in [0.1, 0.15) is 0 Å². The van der Waals surface area contributed by atoms with Crippen LogP contribution in [0.5, 0.6) is 11.5 Å². The number of methoxy groups -OCH3 is 1. The normalized spacial score (nSPS) is 17.4. The number of esters is 2. The van der Waals surface area contributed by atoms with E-state index in [4.69, 9.17) is 18.9 Å². The minimum atomic E-state index is -0.799. The first kappa shape index (κ1) is 15.9. The van der Waals surface area contributed by atoms with Crippen LogP contribution >= 0.6 is 0 Å². The van der Waals surface area contributed by atoms with Crippen LogP contribution in [0.2, 0.25) is 0 Å². The number of ether oxygens (including phenoxy) is 4. The molecule has 1 aliphatic heterocycles. The Bertz CT molecular complexity index is 578. The highest BCUT2D eigenvalue weighted by Gasteiger charge is 2.29. The van der Waals surface area contributed by atoms with Gasteiger partial charge in [-0.1, -0.05) is 6.07 Å². The molecular formula is C16H18O6. The zero-order chi connectivity index (χ0) is 15.9. The van der Waals surface area contributed by atoms with Gasteiger partial charge >= 0.3 is 11.9 Å². The molecule has 22 heavy (non-hydrogen) atoms. The molecule has 1 heterocycles. The Hall–Kier alpha value is -2.50. The monoisotopic (exact) mass is 306 g/mol. The average molecular weight is 306 g/mol. The molecule has 0 aliphatic carbocycles. The lowest BCUT2D eigenvalue weighted by molar-refractivity contribution is -0.156. The molecule has 0 amide bonds. The van der Waals surface area contributed by atoms with Gasteiger partial charge in [0.15, 0.2) is 11.5 Å². The van der Waals surface area contributed by atoms with Crippen molar-refractivity contribution in [3.63, 3.8) is 0 Å². The molecule has 0 bridgehead atoms. The van der Waals surface area contributed by atoms with E-state index in [1.54, 1.807) is 31.4 Å². The first-order chi connectivity index (χ1) is 10.6. The van der Waals surface area contributed by atoms with Gasteiger partial charge in [-0.25, -0.2) is 9.59 Å². The second kappa shape index (κ2) is 7.49. The van der Waals surface area contributed by atoms with Gasteiger partial charge in [0.2, 0.25) is 6.10 Å². The molecule has 0 aromatic heterocycles. The molecule has 0 radical (unpaired) electrons. The highest BCUT2D eigenvalue weighted by molar-refractivity contribution is 5.89. The molecule has 0 N–H and O–H groups in total. The summed E-state index contributed by atoms with van der Waals surface area (Å²) in [6, 6.07) is 5.31. The van der Waals surface area contributed by atoms with E-state index < -0.39 is 18.0 Å². The predicted octanol–water partition coefficient (Wildman–Crippen LogP) is 1.97. The summed E-state index contributed by atoms with van der Waals surface area (Å²) in [7, 11) is 1.55. The third kappa shape index (κ3) is 4.00. The van der Waals surface area contributed by atoms with Crippen molar-refractivity contribution in [1.29, 1.82) is 0 Å². The topological polar surface area (TPSA) is 71.1 Å². The fraction of sp³-hybridized carbons (Fsp3) is 0.375. The summed E-state index contributed by atoms with van der Waals surface area (Å²) in [6.07, 6.45) is 2.45. The van der Waals surface area contributed by atoms with E-state index in [2.05, 4.69) is 0 Å². The molecular weight excluding hydrogens is 288 g/mol. The van der Waals surface area contributed by atoms with Crippen LogP contribution in [0.3, 0.4) is 0 Å². The van der Waals surface area contributed by atoms with Crippen LogP contribution in [0, 0.1) is 0 Å². The predicted molar refractivity (Wildman–Crippen MR) is 78.7 cm³/mol. The van der Waals surface area contributed by atoms with Crippen molar-refractivity contribution in [2.75, 3.05) is 20.3 Å². The molecule has 1 aliphatic rings. The van der Waals surface area contributed by atoms with Crippen LogP contribution in [0.4, 0.5) is 0 Å². The first-order valence-electron chi connectivity index (χ1n) is 7.00. The minimum absolute atomic E-state index is 0.288. The van der Waals surface area contributed by atoms with Gasteiger partial charge in [0, 0.05) is 12.5 Å². The summed E-state index contributed by atoms with van der Waals surface area (Å²) in [4.78, 5) is 22.9. The highest BCUT2D eigenvalue weighted by atomic mass is 16.6. The fourth-order valence-electron chi connectivity index (χ4n) is 1.99. The molecule has 1 saturated heterocycles. The largest absolute Gasteiger partial charge is 0.493 e. The second-order valence-electron chi connectivity index (χ2n) is 4.56. The second-order valence-corrected chi connectivity index (χ2v) is 4.56. The lowest BCUT2D eigenvalue weighted by Gasteiger charge is -2.09. The maximum absolute atomic E-state index is 11.7. The molecule has 1 aromatic rings. The standard InChI is InChI=1S/C16H18O6/c1-3-20-12-6-4-11(10-14(12)19-2)5-7-15(17)22-13-8-9-21-16(13)18/h4-7,10,13H,3,8-9H2,1-2H3/b7-5+/t13-/m1/s1. The van der Waals surface area contributed by atoms with Crippen molar-refractivity contribution in [1.82, 2.24) is 0 Å². The lowest BCUT2D eigenvalue weighted by atomic mass is 10.2. The van der Waals surface area contributed by atoms with Crippen LogP contribution in [0.25, 0.3) is 6.08 Å². The number of hydrogen-bond acceptors (Lipinski definition) is 6. The van der Waals surface area contributed by atoms with Crippen LogP contribution in [0.1, 0.15) is 18.9 Å². The number of carbonyl (C=O) groups excluding carboxylic acids is 2. The molecule has 2 rings (SSSR count). The van der Waals surface area contributed by atoms with Crippen molar-refractivity contribution in [2.45, 2.75) is 19.4 Å². The third-order valence-corrected chi connectivity index (χ3v) is 3.05. The Morgan fingerprint density at radius 3 is 2.86 bits per heavy atom. The number of carbonyl (C=O) groups is 2. The molecule has 118 valence electrons. The summed E-state index contributed by atoms with van der Waals surface area (Å²) in [5, 5.41) is 0. The van der Waals surface area contributed by atoms with Crippen molar-refractivity contribution in [2.24, 2.45) is 0 Å². The summed E-state index contributed by atoms with van der Waals surface area (Å²) >= 11 is 0. The Labute approximate surface area is 128 Å². The van der Waals surface area contributed by atoms with E-state index >= 15 is 0 Å². The fourth-order valence-corrected chi connectivity index (χ4v) is 1.99. The van der Waals surface area contributed by atoms with E-state index in [9.17, 15) is 9.59 Å². The Balaban J connectivity index is 1.99. The molecule has 6 heteroatoms. The summed E-state index contributed by atoms with van der Waals surface area (Å²) in [5.74, 6) is 0.136. The van der Waals surface area contributed by atoms with Crippen LogP contribution in [0.15, 0.2) is 24.3 Å². The zero-order valence-corrected chi connectivity index (χ0v) is 12.5. The van der Waals surface area contributed by atoms with E-state index in [0.29, 0.717) is 24.5 Å².